The van der Waals surface area contributed by atoms with Gasteiger partial charge in [-0.05, 0) is 36.8 Å². The van der Waals surface area contributed by atoms with Gasteiger partial charge in [0.05, 0.1) is 23.2 Å². The van der Waals surface area contributed by atoms with Crippen molar-refractivity contribution in [1.82, 2.24) is 14.5 Å². The molecule has 0 amide bonds. The molecule has 0 radical (unpaired) electrons. The maximum absolute atomic E-state index is 4.66. The summed E-state index contributed by atoms with van der Waals surface area (Å²) in [6.45, 7) is 2.81. The van der Waals surface area contributed by atoms with E-state index in [0.29, 0.717) is 0 Å². The van der Waals surface area contributed by atoms with Crippen molar-refractivity contribution < 1.29 is 0 Å². The number of aryl methyl sites for hydroxylation is 1. The average Bonchev–Trinajstić information content (AvgIpc) is 3.15. The number of fused-ring (bicyclic) bond motifs is 1. The van der Waals surface area contributed by atoms with Gasteiger partial charge in [0, 0.05) is 30.0 Å². The normalized spacial score (nSPS) is 10.9. The number of benzene rings is 2. The molecule has 1 N–H and O–H groups in total. The summed E-state index contributed by atoms with van der Waals surface area (Å²) in [4.78, 5) is 8.74. The van der Waals surface area contributed by atoms with Crippen LogP contribution in [0.5, 0.6) is 0 Å². The fourth-order valence-corrected chi connectivity index (χ4v) is 2.79. The van der Waals surface area contributed by atoms with E-state index < -0.39 is 0 Å². The quantitative estimate of drug-likeness (QED) is 0.609. The first-order valence-electron chi connectivity index (χ1n) is 7.97. The Bertz CT molecular complexity index is 957. The molecule has 2 aromatic carbocycles. The van der Waals surface area contributed by atoms with Gasteiger partial charge in [-0.3, -0.25) is 4.98 Å². The molecule has 2 aromatic heterocycles. The summed E-state index contributed by atoms with van der Waals surface area (Å²) in [7, 11) is 0. The molecule has 4 rings (SSSR count). The molecule has 0 atom stereocenters. The number of pyridine rings is 1. The second-order valence-electron chi connectivity index (χ2n) is 5.80. The lowest BCUT2D eigenvalue weighted by Crippen LogP contribution is -2.02. The van der Waals surface area contributed by atoms with Crippen LogP contribution in [-0.2, 0) is 6.54 Å². The van der Waals surface area contributed by atoms with Gasteiger partial charge in [0.15, 0.2) is 0 Å². The van der Waals surface area contributed by atoms with Crippen LogP contribution in [0.15, 0.2) is 73.3 Å². The third kappa shape index (κ3) is 2.86. The van der Waals surface area contributed by atoms with Crippen LogP contribution in [0, 0.1) is 6.92 Å². The van der Waals surface area contributed by atoms with E-state index in [0.717, 1.165) is 34.5 Å². The lowest BCUT2D eigenvalue weighted by Gasteiger charge is -2.11. The molecule has 0 aliphatic rings. The van der Waals surface area contributed by atoms with Gasteiger partial charge in [-0.2, -0.15) is 0 Å². The van der Waals surface area contributed by atoms with Crippen LogP contribution < -0.4 is 5.32 Å². The molecule has 118 valence electrons. The van der Waals surface area contributed by atoms with E-state index in [2.05, 4.69) is 51.7 Å². The van der Waals surface area contributed by atoms with Crippen LogP contribution >= 0.6 is 0 Å². The van der Waals surface area contributed by atoms with Gasteiger partial charge >= 0.3 is 0 Å². The van der Waals surface area contributed by atoms with Crippen molar-refractivity contribution in [2.75, 3.05) is 5.32 Å². The minimum atomic E-state index is 0.769. The first-order valence-corrected chi connectivity index (χ1v) is 7.97. The summed E-state index contributed by atoms with van der Waals surface area (Å²) in [5.74, 6) is 0. The van der Waals surface area contributed by atoms with Gasteiger partial charge in [0.2, 0.25) is 0 Å². The van der Waals surface area contributed by atoms with Crippen LogP contribution in [0.25, 0.3) is 16.6 Å². The van der Waals surface area contributed by atoms with E-state index in [9.17, 15) is 0 Å². The Labute approximate surface area is 140 Å². The van der Waals surface area contributed by atoms with Crippen molar-refractivity contribution in [3.05, 3.63) is 84.6 Å². The number of nitrogens with zero attached hydrogens (tertiary/aromatic N) is 3. The average molecular weight is 314 g/mol. The lowest BCUT2D eigenvalue weighted by atomic mass is 10.1. The molecular formula is C20H18N4. The first kappa shape index (κ1) is 14.5. The maximum Gasteiger partial charge on any atom is 0.0991 e. The Kier molecular flexibility index (Phi) is 3.71. The molecule has 0 saturated carbocycles. The topological polar surface area (TPSA) is 42.7 Å². The van der Waals surface area contributed by atoms with Gasteiger partial charge in [-0.1, -0.05) is 30.3 Å². The molecule has 2 heterocycles. The van der Waals surface area contributed by atoms with Gasteiger partial charge in [0.1, 0.15) is 0 Å². The molecule has 24 heavy (non-hydrogen) atoms. The van der Waals surface area contributed by atoms with Crippen molar-refractivity contribution in [2.45, 2.75) is 13.5 Å². The molecular weight excluding hydrogens is 296 g/mol. The zero-order chi connectivity index (χ0) is 16.4. The van der Waals surface area contributed by atoms with E-state index >= 15 is 0 Å². The van der Waals surface area contributed by atoms with Crippen molar-refractivity contribution in [3.63, 3.8) is 0 Å². The summed E-state index contributed by atoms with van der Waals surface area (Å²) in [5.41, 5.74) is 5.47. The smallest absolute Gasteiger partial charge is 0.0991 e. The number of anilines is 1. The second kappa shape index (κ2) is 6.16. The molecule has 0 saturated heterocycles. The third-order valence-corrected chi connectivity index (χ3v) is 4.14. The maximum atomic E-state index is 4.66. The number of rotatable bonds is 4. The van der Waals surface area contributed by atoms with Crippen molar-refractivity contribution >= 4 is 16.6 Å². The fourth-order valence-electron chi connectivity index (χ4n) is 2.79. The standard InChI is InChI=1S/C20H18N4/c1-15-20(12-17-4-2-3-5-19(17)23-15)22-13-16-6-8-18(9-7-16)24-11-10-21-14-24/h2-12,14,22H,13H2,1H3. The minimum absolute atomic E-state index is 0.769. The molecule has 4 aromatic rings. The Morgan fingerprint density at radius 2 is 1.88 bits per heavy atom. The summed E-state index contributed by atoms with van der Waals surface area (Å²) in [6.07, 6.45) is 5.53. The highest BCUT2D eigenvalue weighted by atomic mass is 15.0. The van der Waals surface area contributed by atoms with Gasteiger partial charge in [-0.25, -0.2) is 4.98 Å². The van der Waals surface area contributed by atoms with Crippen LogP contribution in [0.3, 0.4) is 0 Å². The molecule has 4 heteroatoms. The summed E-state index contributed by atoms with van der Waals surface area (Å²) < 4.78 is 1.99. The number of hydrogen-bond donors (Lipinski definition) is 1. The zero-order valence-corrected chi connectivity index (χ0v) is 13.5. The van der Waals surface area contributed by atoms with Gasteiger partial charge in [0.25, 0.3) is 0 Å². The molecule has 0 aliphatic carbocycles. The molecule has 4 nitrogen and oxygen atoms in total. The molecule has 0 aliphatic heterocycles. The van der Waals surface area contributed by atoms with E-state index in [1.807, 2.05) is 35.9 Å². The van der Waals surface area contributed by atoms with E-state index in [4.69, 9.17) is 0 Å². The first-order chi connectivity index (χ1) is 11.8. The number of para-hydroxylation sites is 1. The lowest BCUT2D eigenvalue weighted by molar-refractivity contribution is 1.05. The molecule has 0 fully saturated rings. The number of aromatic nitrogens is 3. The van der Waals surface area contributed by atoms with Crippen molar-refractivity contribution in [2.24, 2.45) is 0 Å². The van der Waals surface area contributed by atoms with Crippen molar-refractivity contribution in [3.8, 4) is 5.69 Å². The van der Waals surface area contributed by atoms with E-state index in [1.54, 1.807) is 12.5 Å². The summed E-state index contributed by atoms with van der Waals surface area (Å²) in [6, 6.07) is 18.8. The fraction of sp³-hybridized carbons (Fsp3) is 0.100. The van der Waals surface area contributed by atoms with Crippen LogP contribution in [-0.4, -0.2) is 14.5 Å². The van der Waals surface area contributed by atoms with E-state index in [-0.39, 0.29) is 0 Å². The predicted molar refractivity (Wildman–Crippen MR) is 97.4 cm³/mol. The van der Waals surface area contributed by atoms with Gasteiger partial charge in [-0.15, -0.1) is 0 Å². The molecule has 0 spiro atoms. The number of imidazole rings is 1. The number of nitrogens with one attached hydrogen (secondary N) is 1. The molecule has 0 unspecified atom stereocenters. The zero-order valence-electron chi connectivity index (χ0n) is 13.5. The SMILES string of the molecule is Cc1nc2ccccc2cc1NCc1ccc(-n2ccnc2)cc1. The van der Waals surface area contributed by atoms with Crippen LogP contribution in [0.4, 0.5) is 5.69 Å². The second-order valence-corrected chi connectivity index (χ2v) is 5.80. The monoisotopic (exact) mass is 314 g/mol. The Balaban J connectivity index is 1.51. The van der Waals surface area contributed by atoms with E-state index in [1.165, 1.54) is 5.56 Å². The highest BCUT2D eigenvalue weighted by Crippen LogP contribution is 2.21. The van der Waals surface area contributed by atoms with Crippen LogP contribution in [0.2, 0.25) is 0 Å². The molecule has 0 bridgehead atoms. The largest absolute Gasteiger partial charge is 0.379 e. The minimum Gasteiger partial charge on any atom is -0.379 e. The number of hydrogen-bond acceptors (Lipinski definition) is 3. The predicted octanol–water partition coefficient (Wildman–Crippen LogP) is 4.34. The Morgan fingerprint density at radius 3 is 2.67 bits per heavy atom. The van der Waals surface area contributed by atoms with Crippen LogP contribution in [0.1, 0.15) is 11.3 Å². The van der Waals surface area contributed by atoms with Gasteiger partial charge < -0.3 is 9.88 Å². The highest BCUT2D eigenvalue weighted by Gasteiger charge is 2.03. The Hall–Kier alpha value is -3.14. The summed E-state index contributed by atoms with van der Waals surface area (Å²) >= 11 is 0. The summed E-state index contributed by atoms with van der Waals surface area (Å²) in [5, 5.41) is 4.65. The van der Waals surface area contributed by atoms with Crippen molar-refractivity contribution in [1.29, 1.82) is 0 Å². The third-order valence-electron chi connectivity index (χ3n) is 4.14. The Morgan fingerprint density at radius 1 is 1.04 bits per heavy atom. The highest BCUT2D eigenvalue weighted by molar-refractivity contribution is 5.82.